The van der Waals surface area contributed by atoms with E-state index < -0.39 is 0 Å². The molecule has 0 atom stereocenters. The number of carbonyl (C=O) groups excluding carboxylic acids is 1. The van der Waals surface area contributed by atoms with E-state index in [9.17, 15) is 4.79 Å². The van der Waals surface area contributed by atoms with Gasteiger partial charge < -0.3 is 10.1 Å². The van der Waals surface area contributed by atoms with Gasteiger partial charge in [0.25, 0.3) is 0 Å². The highest BCUT2D eigenvalue weighted by Gasteiger charge is 2.03. The van der Waals surface area contributed by atoms with Crippen molar-refractivity contribution in [2.75, 3.05) is 23.4 Å². The largest absolute Gasteiger partial charge is 0.494 e. The van der Waals surface area contributed by atoms with Crippen LogP contribution < -0.4 is 10.1 Å². The summed E-state index contributed by atoms with van der Waals surface area (Å²) in [6.07, 6.45) is 0.988. The van der Waals surface area contributed by atoms with Gasteiger partial charge in [0.15, 0.2) is 0 Å². The fourth-order valence-electron chi connectivity index (χ4n) is 2.00. The zero-order valence-electron chi connectivity index (χ0n) is 12.7. The first kappa shape index (κ1) is 16.4. The molecule has 0 radical (unpaired) electrons. The molecule has 116 valence electrons. The molecule has 0 fully saturated rings. The van der Waals surface area contributed by atoms with E-state index in [0.717, 1.165) is 23.6 Å². The Balaban J connectivity index is 1.67. The highest BCUT2D eigenvalue weighted by atomic mass is 32.2. The van der Waals surface area contributed by atoms with Gasteiger partial charge >= 0.3 is 0 Å². The van der Waals surface area contributed by atoms with Crippen molar-refractivity contribution in [2.45, 2.75) is 13.3 Å². The Morgan fingerprint density at radius 2 is 1.82 bits per heavy atom. The van der Waals surface area contributed by atoms with Gasteiger partial charge in [-0.05, 0) is 48.9 Å². The lowest BCUT2D eigenvalue weighted by molar-refractivity contribution is -0.113. The third-order valence-electron chi connectivity index (χ3n) is 3.06. The lowest BCUT2D eigenvalue weighted by atomic mass is 10.2. The Labute approximate surface area is 136 Å². The lowest BCUT2D eigenvalue weighted by Gasteiger charge is -2.07. The van der Waals surface area contributed by atoms with E-state index in [-0.39, 0.29) is 5.91 Å². The smallest absolute Gasteiger partial charge is 0.234 e. The van der Waals surface area contributed by atoms with Crippen LogP contribution in [-0.4, -0.2) is 24.0 Å². The first-order valence-electron chi connectivity index (χ1n) is 7.42. The molecule has 0 aliphatic heterocycles. The van der Waals surface area contributed by atoms with Gasteiger partial charge in [0, 0.05) is 5.69 Å². The second-order valence-corrected chi connectivity index (χ2v) is 5.90. The fraction of sp³-hybridized carbons (Fsp3) is 0.278. The Kier molecular flexibility index (Phi) is 6.84. The van der Waals surface area contributed by atoms with Crippen LogP contribution in [-0.2, 0) is 11.2 Å². The molecule has 0 saturated carbocycles. The number of aryl methyl sites for hydroxylation is 1. The molecular formula is C18H21NO2S. The molecule has 0 aliphatic carbocycles. The number of benzene rings is 2. The van der Waals surface area contributed by atoms with Crippen molar-refractivity contribution in [2.24, 2.45) is 0 Å². The van der Waals surface area contributed by atoms with Gasteiger partial charge in [-0.3, -0.25) is 4.79 Å². The molecule has 4 heteroatoms. The predicted octanol–water partition coefficient (Wildman–Crippen LogP) is 4.00. The van der Waals surface area contributed by atoms with Gasteiger partial charge in [-0.25, -0.2) is 0 Å². The van der Waals surface area contributed by atoms with Gasteiger partial charge in [-0.15, -0.1) is 0 Å². The zero-order valence-corrected chi connectivity index (χ0v) is 13.6. The van der Waals surface area contributed by atoms with Crippen LogP contribution in [0.15, 0.2) is 54.6 Å². The summed E-state index contributed by atoms with van der Waals surface area (Å²) in [6, 6.07) is 17.8. The lowest BCUT2D eigenvalue weighted by Crippen LogP contribution is -2.14. The van der Waals surface area contributed by atoms with Crippen LogP contribution in [0.2, 0.25) is 0 Å². The van der Waals surface area contributed by atoms with E-state index in [2.05, 4.69) is 17.4 Å². The number of amides is 1. The average molecular weight is 315 g/mol. The number of anilines is 1. The Morgan fingerprint density at radius 3 is 2.50 bits per heavy atom. The molecule has 0 aromatic heterocycles. The highest BCUT2D eigenvalue weighted by Crippen LogP contribution is 2.16. The summed E-state index contributed by atoms with van der Waals surface area (Å²) in [6.45, 7) is 2.59. The van der Waals surface area contributed by atoms with Gasteiger partial charge in [-0.2, -0.15) is 11.8 Å². The number of nitrogens with one attached hydrogen (secondary N) is 1. The first-order valence-corrected chi connectivity index (χ1v) is 8.58. The van der Waals surface area contributed by atoms with E-state index in [1.807, 2.05) is 49.4 Å². The minimum absolute atomic E-state index is 0.0298. The molecule has 2 rings (SSSR count). The SMILES string of the molecule is CCOc1ccc(NC(=O)CSCCc2ccccc2)cc1. The number of thioether (sulfide) groups is 1. The van der Waals surface area contributed by atoms with Crippen molar-refractivity contribution in [3.05, 3.63) is 60.2 Å². The minimum Gasteiger partial charge on any atom is -0.494 e. The number of ether oxygens (including phenoxy) is 1. The van der Waals surface area contributed by atoms with Crippen LogP contribution >= 0.6 is 11.8 Å². The summed E-state index contributed by atoms with van der Waals surface area (Å²) in [7, 11) is 0. The van der Waals surface area contributed by atoms with Gasteiger partial charge in [0.2, 0.25) is 5.91 Å². The van der Waals surface area contributed by atoms with Gasteiger partial charge in [0.1, 0.15) is 5.75 Å². The number of hydrogen-bond acceptors (Lipinski definition) is 3. The molecular weight excluding hydrogens is 294 g/mol. The summed E-state index contributed by atoms with van der Waals surface area (Å²) < 4.78 is 5.37. The van der Waals surface area contributed by atoms with Crippen LogP contribution in [0.5, 0.6) is 5.75 Å². The molecule has 0 bridgehead atoms. The summed E-state index contributed by atoms with van der Waals surface area (Å²) in [5.41, 5.74) is 2.11. The maximum Gasteiger partial charge on any atom is 0.234 e. The van der Waals surface area contributed by atoms with E-state index in [1.165, 1.54) is 5.56 Å². The minimum atomic E-state index is 0.0298. The van der Waals surface area contributed by atoms with Gasteiger partial charge in [0.05, 0.1) is 12.4 Å². The van der Waals surface area contributed by atoms with Crippen molar-refractivity contribution in [3.8, 4) is 5.75 Å². The molecule has 0 spiro atoms. The standard InChI is InChI=1S/C18H21NO2S/c1-2-21-17-10-8-16(9-11-17)19-18(20)14-22-13-12-15-6-4-3-5-7-15/h3-11H,2,12-14H2,1H3,(H,19,20). The first-order chi connectivity index (χ1) is 10.8. The van der Waals surface area contributed by atoms with Crippen LogP contribution in [0.3, 0.4) is 0 Å². The maximum atomic E-state index is 11.9. The zero-order chi connectivity index (χ0) is 15.6. The molecule has 22 heavy (non-hydrogen) atoms. The molecule has 1 N–H and O–H groups in total. The average Bonchev–Trinajstić information content (AvgIpc) is 2.55. The van der Waals surface area contributed by atoms with Crippen molar-refractivity contribution >= 4 is 23.4 Å². The second-order valence-electron chi connectivity index (χ2n) is 4.79. The van der Waals surface area contributed by atoms with E-state index >= 15 is 0 Å². The van der Waals surface area contributed by atoms with Gasteiger partial charge in [-0.1, -0.05) is 30.3 Å². The molecule has 2 aromatic carbocycles. The van der Waals surface area contributed by atoms with Crippen molar-refractivity contribution in [3.63, 3.8) is 0 Å². The third kappa shape index (κ3) is 5.82. The molecule has 2 aromatic rings. The van der Waals surface area contributed by atoms with E-state index in [1.54, 1.807) is 11.8 Å². The molecule has 0 aliphatic rings. The fourth-order valence-corrected chi connectivity index (χ4v) is 2.78. The summed E-state index contributed by atoms with van der Waals surface area (Å²) >= 11 is 1.65. The van der Waals surface area contributed by atoms with Crippen molar-refractivity contribution < 1.29 is 9.53 Å². The highest BCUT2D eigenvalue weighted by molar-refractivity contribution is 7.99. The molecule has 3 nitrogen and oxygen atoms in total. The third-order valence-corrected chi connectivity index (χ3v) is 4.02. The van der Waals surface area contributed by atoms with Crippen molar-refractivity contribution in [1.82, 2.24) is 0 Å². The number of hydrogen-bond donors (Lipinski definition) is 1. The number of carbonyl (C=O) groups is 1. The molecule has 0 unspecified atom stereocenters. The Bertz CT molecular complexity index is 569. The molecule has 0 heterocycles. The van der Waals surface area contributed by atoms with E-state index in [4.69, 9.17) is 4.74 Å². The Hall–Kier alpha value is -1.94. The van der Waals surface area contributed by atoms with Crippen molar-refractivity contribution in [1.29, 1.82) is 0 Å². The number of rotatable bonds is 8. The van der Waals surface area contributed by atoms with Crippen LogP contribution in [0.1, 0.15) is 12.5 Å². The van der Waals surface area contributed by atoms with Crippen LogP contribution in [0, 0.1) is 0 Å². The summed E-state index contributed by atoms with van der Waals surface area (Å²) in [5.74, 6) is 2.26. The molecule has 1 amide bonds. The maximum absolute atomic E-state index is 11.9. The van der Waals surface area contributed by atoms with Crippen LogP contribution in [0.25, 0.3) is 0 Å². The predicted molar refractivity (Wildman–Crippen MR) is 93.7 cm³/mol. The van der Waals surface area contributed by atoms with Crippen LogP contribution in [0.4, 0.5) is 5.69 Å². The second kappa shape index (κ2) is 9.15. The summed E-state index contributed by atoms with van der Waals surface area (Å²) in [5, 5.41) is 2.89. The van der Waals surface area contributed by atoms with E-state index in [0.29, 0.717) is 12.4 Å². The Morgan fingerprint density at radius 1 is 1.09 bits per heavy atom. The normalized spacial score (nSPS) is 10.2. The quantitative estimate of drug-likeness (QED) is 0.748. The summed E-state index contributed by atoms with van der Waals surface area (Å²) in [4.78, 5) is 11.9. The molecule has 0 saturated heterocycles. The topological polar surface area (TPSA) is 38.3 Å². The monoisotopic (exact) mass is 315 g/mol.